The Balaban J connectivity index is 1.80. The number of hydrogen-bond acceptors (Lipinski definition) is 2. The van der Waals surface area contributed by atoms with Crippen LogP contribution in [0.2, 0.25) is 0 Å². The van der Waals surface area contributed by atoms with Crippen LogP contribution in [0.1, 0.15) is 52.9 Å². The molecule has 2 unspecified atom stereocenters. The van der Waals surface area contributed by atoms with Crippen LogP contribution in [0.4, 0.5) is 0 Å². The van der Waals surface area contributed by atoms with Gasteiger partial charge in [-0.15, -0.1) is 0 Å². The molecule has 0 bridgehead atoms. The first-order valence-electron chi connectivity index (χ1n) is 8.76. The zero-order valence-electron chi connectivity index (χ0n) is 14.1. The maximum absolute atomic E-state index is 5.03. The number of fused-ring (bicyclic) bond motifs is 1. The van der Waals surface area contributed by atoms with Crippen molar-refractivity contribution in [2.75, 3.05) is 6.54 Å². The van der Waals surface area contributed by atoms with Gasteiger partial charge < -0.3 is 0 Å². The number of aliphatic imine (C=N–C) groups is 2. The Labute approximate surface area is 133 Å². The van der Waals surface area contributed by atoms with E-state index in [2.05, 4.69) is 27.4 Å². The Hall–Kier alpha value is -1.44. The molecule has 0 aromatic carbocycles. The molecule has 1 fully saturated rings. The van der Waals surface area contributed by atoms with E-state index in [1.54, 1.807) is 22.3 Å². The molecule has 1 saturated carbocycles. The lowest BCUT2D eigenvalue weighted by Gasteiger charge is -2.40. The zero-order valence-corrected chi connectivity index (χ0v) is 14.1. The second-order valence-electron chi connectivity index (χ2n) is 7.63. The van der Waals surface area contributed by atoms with Gasteiger partial charge in [-0.2, -0.15) is 0 Å². The van der Waals surface area contributed by atoms with Crippen molar-refractivity contribution in [1.29, 1.82) is 0 Å². The van der Waals surface area contributed by atoms with Crippen LogP contribution in [0.5, 0.6) is 0 Å². The molecule has 0 N–H and O–H groups in total. The molecule has 2 aliphatic carbocycles. The van der Waals surface area contributed by atoms with Crippen LogP contribution < -0.4 is 0 Å². The van der Waals surface area contributed by atoms with Crippen molar-refractivity contribution in [1.82, 2.24) is 0 Å². The summed E-state index contributed by atoms with van der Waals surface area (Å²) in [5, 5.41) is 0. The van der Waals surface area contributed by atoms with Crippen LogP contribution in [-0.2, 0) is 0 Å². The first kappa shape index (κ1) is 14.2. The smallest absolute Gasteiger partial charge is 0.0776 e. The summed E-state index contributed by atoms with van der Waals surface area (Å²) in [7, 11) is 0. The average molecular weight is 294 g/mol. The Kier molecular flexibility index (Phi) is 3.25. The summed E-state index contributed by atoms with van der Waals surface area (Å²) in [6.45, 7) is 12.0. The molecule has 4 aliphatic rings. The largest absolute Gasteiger partial charge is 0.286 e. The molecule has 2 heteroatoms. The van der Waals surface area contributed by atoms with Crippen LogP contribution in [0.15, 0.2) is 44.4 Å². The Bertz CT molecular complexity index is 670. The van der Waals surface area contributed by atoms with Gasteiger partial charge in [0.1, 0.15) is 0 Å². The van der Waals surface area contributed by atoms with Crippen LogP contribution in [0.25, 0.3) is 0 Å². The minimum Gasteiger partial charge on any atom is -0.286 e. The molecule has 4 rings (SSSR count). The normalized spacial score (nSPS) is 30.2. The molecular weight excluding hydrogens is 268 g/mol. The molecule has 116 valence electrons. The van der Waals surface area contributed by atoms with Gasteiger partial charge in [-0.25, -0.2) is 0 Å². The van der Waals surface area contributed by atoms with Gasteiger partial charge in [0.25, 0.3) is 0 Å². The molecule has 2 nitrogen and oxygen atoms in total. The van der Waals surface area contributed by atoms with Crippen LogP contribution in [0.3, 0.4) is 0 Å². The molecule has 0 saturated heterocycles. The van der Waals surface area contributed by atoms with Gasteiger partial charge in [0, 0.05) is 23.8 Å². The van der Waals surface area contributed by atoms with Crippen LogP contribution in [-0.4, -0.2) is 24.0 Å². The highest BCUT2D eigenvalue weighted by Crippen LogP contribution is 2.48. The first-order chi connectivity index (χ1) is 10.6. The number of allylic oxidation sites excluding steroid dienone is 2. The first-order valence-corrected chi connectivity index (χ1v) is 8.76. The third kappa shape index (κ3) is 2.00. The second-order valence-corrected chi connectivity index (χ2v) is 7.63. The summed E-state index contributed by atoms with van der Waals surface area (Å²) in [5.74, 6) is 1.06. The highest BCUT2D eigenvalue weighted by molar-refractivity contribution is 6.08. The van der Waals surface area contributed by atoms with Gasteiger partial charge in [0.2, 0.25) is 0 Å². The predicted octanol–water partition coefficient (Wildman–Crippen LogP) is 4.68. The quantitative estimate of drug-likeness (QED) is 0.660. The average Bonchev–Trinajstić information content (AvgIpc) is 2.91. The van der Waals surface area contributed by atoms with Crippen molar-refractivity contribution in [3.05, 3.63) is 34.4 Å². The molecule has 22 heavy (non-hydrogen) atoms. The fraction of sp³-hybridized carbons (Fsp3) is 0.600. The van der Waals surface area contributed by atoms with Crippen molar-refractivity contribution in [2.24, 2.45) is 21.8 Å². The maximum atomic E-state index is 5.03. The second kappa shape index (κ2) is 5.04. The third-order valence-corrected chi connectivity index (χ3v) is 5.85. The van der Waals surface area contributed by atoms with Crippen molar-refractivity contribution in [2.45, 2.75) is 58.9 Å². The SMILES string of the molecule is C=C(C(C)C)C1N=C(C)CC2=C3CCCC4=NCC(=C43)CC21. The van der Waals surface area contributed by atoms with E-state index < -0.39 is 0 Å². The molecule has 0 aromatic heterocycles. The van der Waals surface area contributed by atoms with Crippen LogP contribution in [0, 0.1) is 11.8 Å². The van der Waals surface area contributed by atoms with E-state index in [0.717, 1.165) is 19.4 Å². The van der Waals surface area contributed by atoms with Crippen LogP contribution >= 0.6 is 0 Å². The van der Waals surface area contributed by atoms with E-state index in [1.165, 1.54) is 36.3 Å². The Morgan fingerprint density at radius 1 is 1.27 bits per heavy atom. The minimum atomic E-state index is 0.288. The molecule has 0 radical (unpaired) electrons. The maximum Gasteiger partial charge on any atom is 0.0776 e. The van der Waals surface area contributed by atoms with E-state index in [0.29, 0.717) is 11.8 Å². The molecular formula is C20H26N2. The zero-order chi connectivity index (χ0) is 15.4. The van der Waals surface area contributed by atoms with E-state index >= 15 is 0 Å². The van der Waals surface area contributed by atoms with E-state index in [-0.39, 0.29) is 6.04 Å². The monoisotopic (exact) mass is 294 g/mol. The molecule has 0 amide bonds. The fourth-order valence-corrected chi connectivity index (χ4v) is 4.67. The number of rotatable bonds is 2. The highest BCUT2D eigenvalue weighted by atomic mass is 14.8. The van der Waals surface area contributed by atoms with E-state index in [1.807, 2.05) is 0 Å². The van der Waals surface area contributed by atoms with Crippen molar-refractivity contribution < 1.29 is 0 Å². The lowest BCUT2D eigenvalue weighted by Crippen LogP contribution is -2.34. The summed E-state index contributed by atoms with van der Waals surface area (Å²) in [5.41, 5.74) is 10.5. The summed E-state index contributed by atoms with van der Waals surface area (Å²) >= 11 is 0. The third-order valence-electron chi connectivity index (χ3n) is 5.85. The van der Waals surface area contributed by atoms with Gasteiger partial charge in [0.05, 0.1) is 12.6 Å². The lowest BCUT2D eigenvalue weighted by molar-refractivity contribution is 0.461. The summed E-state index contributed by atoms with van der Waals surface area (Å²) in [6, 6.07) is 0.288. The van der Waals surface area contributed by atoms with Crippen molar-refractivity contribution in [3.63, 3.8) is 0 Å². The fourth-order valence-electron chi connectivity index (χ4n) is 4.67. The predicted molar refractivity (Wildman–Crippen MR) is 93.8 cm³/mol. The Morgan fingerprint density at radius 2 is 2.09 bits per heavy atom. The number of nitrogens with zero attached hydrogens (tertiary/aromatic N) is 2. The molecule has 2 atom stereocenters. The highest BCUT2D eigenvalue weighted by Gasteiger charge is 2.40. The van der Waals surface area contributed by atoms with Gasteiger partial charge in [-0.1, -0.05) is 26.0 Å². The number of hydrogen-bond donors (Lipinski definition) is 0. The van der Waals surface area contributed by atoms with Gasteiger partial charge in [-0.3, -0.25) is 9.98 Å². The molecule has 0 aromatic rings. The molecule has 2 aliphatic heterocycles. The van der Waals surface area contributed by atoms with Gasteiger partial charge >= 0.3 is 0 Å². The van der Waals surface area contributed by atoms with Crippen molar-refractivity contribution in [3.8, 4) is 0 Å². The Morgan fingerprint density at radius 3 is 2.86 bits per heavy atom. The molecule has 2 heterocycles. The molecule has 0 spiro atoms. The summed E-state index contributed by atoms with van der Waals surface area (Å²) in [4.78, 5) is 9.86. The standard InChI is InChI=1S/C20H26N2/c1-11(2)13(4)20-17-9-14-10-21-18-7-5-6-15(19(14)18)16(17)8-12(3)22-20/h11,17,20H,4-10H2,1-3H3. The lowest BCUT2D eigenvalue weighted by atomic mass is 9.67. The van der Waals surface area contributed by atoms with E-state index in [4.69, 9.17) is 9.98 Å². The topological polar surface area (TPSA) is 24.7 Å². The minimum absolute atomic E-state index is 0.288. The van der Waals surface area contributed by atoms with E-state index in [9.17, 15) is 0 Å². The summed E-state index contributed by atoms with van der Waals surface area (Å²) < 4.78 is 0. The van der Waals surface area contributed by atoms with Gasteiger partial charge in [-0.05, 0) is 60.8 Å². The van der Waals surface area contributed by atoms with Gasteiger partial charge in [0.15, 0.2) is 0 Å². The van der Waals surface area contributed by atoms with Crippen molar-refractivity contribution >= 4 is 11.4 Å². The summed E-state index contributed by atoms with van der Waals surface area (Å²) in [6.07, 6.45) is 5.95.